The molecule has 492 valence electrons. The van der Waals surface area contributed by atoms with Crippen molar-refractivity contribution in [1.82, 2.24) is 73.9 Å². The van der Waals surface area contributed by atoms with Crippen LogP contribution in [-0.2, 0) is 27.5 Å². The largest absolute Gasteiger partial charge is 0.457 e. The molecule has 9 heterocycles. The number of para-hydroxylation sites is 3. The number of ether oxygens (including phenoxy) is 3. The van der Waals surface area contributed by atoms with Gasteiger partial charge >= 0.3 is 0 Å². The van der Waals surface area contributed by atoms with Crippen molar-refractivity contribution in [2.24, 2.45) is 0 Å². The van der Waals surface area contributed by atoms with Crippen LogP contribution in [0.2, 0.25) is 0 Å². The molecule has 0 unspecified atom stereocenters. The van der Waals surface area contributed by atoms with Gasteiger partial charge in [0.25, 0.3) is 0 Å². The number of hydrogen-bond donors (Lipinski definition) is 0. The highest BCUT2D eigenvalue weighted by Crippen LogP contribution is 2.38. The molecule has 0 spiro atoms. The third-order valence-electron chi connectivity index (χ3n) is 17.5. The van der Waals surface area contributed by atoms with Crippen molar-refractivity contribution < 1.29 is 37.4 Å². The first kappa shape index (κ1) is 64.6. The van der Waals surface area contributed by atoms with E-state index in [1.807, 2.05) is 113 Å². The molecule has 3 amide bonds. The second-order valence-electron chi connectivity index (χ2n) is 23.9. The van der Waals surface area contributed by atoms with Crippen LogP contribution in [0.15, 0.2) is 227 Å². The van der Waals surface area contributed by atoms with E-state index in [1.54, 1.807) is 74.2 Å². The Labute approximate surface area is 562 Å². The third kappa shape index (κ3) is 13.9. The van der Waals surface area contributed by atoms with Crippen LogP contribution in [0.3, 0.4) is 0 Å². The van der Waals surface area contributed by atoms with Gasteiger partial charge in [-0.2, -0.15) is 15.3 Å². The Balaban J connectivity index is 0.000000132. The van der Waals surface area contributed by atoms with Gasteiger partial charge in [0.1, 0.15) is 82.2 Å². The molecule has 3 aliphatic heterocycles. The summed E-state index contributed by atoms with van der Waals surface area (Å²) in [5.41, 5.74) is 4.94. The number of carbonyl (C=O) groups is 3. The van der Waals surface area contributed by atoms with Gasteiger partial charge < -0.3 is 28.9 Å². The molecule has 3 aliphatic rings. The van der Waals surface area contributed by atoms with Gasteiger partial charge in [-0.05, 0) is 142 Å². The summed E-state index contributed by atoms with van der Waals surface area (Å²) in [5.74, 6) is 2.42. The molecule has 0 radical (unpaired) electrons. The molecule has 3 saturated heterocycles. The Bertz CT molecular complexity index is 4900. The SMILES string of the molecule is C=CC(=O)N1CCC[C@@]1(C)Cn1nc(-c2ccc(Oc3ccccc3)cc2)c2cncnc21.C=CC(=O)N1CCC[C@H]1Cn1nc(-c2ccc(Oc3ccccc3)cc2F)c2cncnc21.C=CC(=O)N1CC[C@@H](n2nc(-c3ccc(Oc4ccccc4)cc3F)c3cncnc32)C1. The van der Waals surface area contributed by atoms with E-state index in [1.165, 1.54) is 49.3 Å². The van der Waals surface area contributed by atoms with E-state index in [-0.39, 0.29) is 35.3 Å². The second kappa shape index (κ2) is 28.8. The maximum absolute atomic E-state index is 15.2. The maximum Gasteiger partial charge on any atom is 0.246 e. The van der Waals surface area contributed by atoms with Crippen LogP contribution in [0, 0.1) is 11.6 Å². The van der Waals surface area contributed by atoms with Crippen LogP contribution in [0.25, 0.3) is 66.9 Å². The molecule has 6 aromatic heterocycles. The minimum absolute atomic E-state index is 0.0205. The average Bonchev–Trinajstić information content (AvgIpc) is 1.63. The average molecular weight is 1310 g/mol. The van der Waals surface area contributed by atoms with E-state index < -0.39 is 11.6 Å². The molecule has 0 N–H and O–H groups in total. The highest BCUT2D eigenvalue weighted by atomic mass is 19.1. The lowest BCUT2D eigenvalue weighted by Gasteiger charge is -2.34. The predicted octanol–water partition coefficient (Wildman–Crippen LogP) is 13.8. The second-order valence-corrected chi connectivity index (χ2v) is 23.9. The number of amides is 3. The van der Waals surface area contributed by atoms with Crippen molar-refractivity contribution in [3.63, 3.8) is 0 Å². The summed E-state index contributed by atoms with van der Waals surface area (Å²) < 4.78 is 53.1. The zero-order chi connectivity index (χ0) is 67.7. The number of rotatable bonds is 17. The summed E-state index contributed by atoms with van der Waals surface area (Å²) in [6.45, 7) is 16.4. The van der Waals surface area contributed by atoms with Crippen molar-refractivity contribution in [2.45, 2.75) is 69.7 Å². The Hall–Kier alpha value is -12.1. The fraction of sp³-hybridized carbons (Fsp3) is 0.200. The van der Waals surface area contributed by atoms with Crippen LogP contribution < -0.4 is 14.2 Å². The summed E-state index contributed by atoms with van der Waals surface area (Å²) in [4.78, 5) is 67.7. The highest BCUT2D eigenvalue weighted by molar-refractivity contribution is 5.93. The van der Waals surface area contributed by atoms with Crippen molar-refractivity contribution in [3.8, 4) is 68.3 Å². The Morgan fingerprint density at radius 1 is 0.531 bits per heavy atom. The minimum Gasteiger partial charge on any atom is -0.457 e. The first-order valence-corrected chi connectivity index (χ1v) is 32.0. The fourth-order valence-corrected chi connectivity index (χ4v) is 12.8. The first-order chi connectivity index (χ1) is 47.8. The van der Waals surface area contributed by atoms with E-state index in [9.17, 15) is 14.4 Å². The zero-order valence-corrected chi connectivity index (χ0v) is 53.6. The Morgan fingerprint density at radius 2 is 1.02 bits per heavy atom. The molecule has 12 aromatic rings. The zero-order valence-electron chi connectivity index (χ0n) is 53.6. The van der Waals surface area contributed by atoms with Crippen molar-refractivity contribution in [2.75, 3.05) is 26.2 Å². The topological polar surface area (TPSA) is 219 Å². The summed E-state index contributed by atoms with van der Waals surface area (Å²) in [6, 6.07) is 45.3. The Morgan fingerprint density at radius 3 is 1.58 bits per heavy atom. The third-order valence-corrected chi connectivity index (χ3v) is 17.5. The van der Waals surface area contributed by atoms with Gasteiger partial charge in [-0.3, -0.25) is 14.4 Å². The van der Waals surface area contributed by atoms with Gasteiger partial charge in [-0.25, -0.2) is 52.7 Å². The first-order valence-electron chi connectivity index (χ1n) is 32.0. The van der Waals surface area contributed by atoms with Crippen molar-refractivity contribution in [3.05, 3.63) is 239 Å². The molecule has 21 nitrogen and oxygen atoms in total. The predicted molar refractivity (Wildman–Crippen MR) is 367 cm³/mol. The smallest absolute Gasteiger partial charge is 0.246 e. The van der Waals surface area contributed by atoms with Crippen molar-refractivity contribution >= 4 is 50.8 Å². The lowest BCUT2D eigenvalue weighted by Crippen LogP contribution is -2.47. The lowest BCUT2D eigenvalue weighted by molar-refractivity contribution is -0.130. The van der Waals surface area contributed by atoms with E-state index in [0.717, 1.165) is 72.4 Å². The molecular weight excluding hydrogens is 1240 g/mol. The quantitative estimate of drug-likeness (QED) is 0.0774. The number of hydrogen-bond acceptors (Lipinski definition) is 15. The number of fused-ring (bicyclic) bond motifs is 3. The van der Waals surface area contributed by atoms with Gasteiger partial charge in [-0.1, -0.05) is 74.3 Å². The van der Waals surface area contributed by atoms with Crippen LogP contribution >= 0.6 is 0 Å². The van der Waals surface area contributed by atoms with Gasteiger partial charge in [-0.15, -0.1) is 0 Å². The number of benzene rings is 6. The number of halogens is 2. The Kier molecular flexibility index (Phi) is 19.0. The molecule has 6 aromatic carbocycles. The maximum atomic E-state index is 15.2. The summed E-state index contributed by atoms with van der Waals surface area (Å²) >= 11 is 0. The normalized spacial score (nSPS) is 16.5. The molecule has 0 saturated carbocycles. The van der Waals surface area contributed by atoms with Crippen molar-refractivity contribution in [1.29, 1.82) is 0 Å². The molecule has 3 atom stereocenters. The lowest BCUT2D eigenvalue weighted by atomic mass is 9.99. The number of aromatic nitrogens is 12. The number of nitrogens with zero attached hydrogens (tertiary/aromatic N) is 15. The van der Waals surface area contributed by atoms with Gasteiger partial charge in [0, 0.05) is 73.6 Å². The molecule has 0 bridgehead atoms. The van der Waals surface area contributed by atoms with Gasteiger partial charge in [0.05, 0.1) is 46.9 Å². The van der Waals surface area contributed by atoms with E-state index >= 15 is 8.78 Å². The van der Waals surface area contributed by atoms with Gasteiger partial charge in [0.15, 0.2) is 16.9 Å². The molecule has 15 rings (SSSR count). The summed E-state index contributed by atoms with van der Waals surface area (Å²) in [5, 5.41) is 16.5. The molecular formula is C75H67F2N15O6. The van der Waals surface area contributed by atoms with Crippen LogP contribution in [0.5, 0.6) is 34.5 Å². The standard InChI is InChI=1S/C26H25N5O2.C25H22FN5O2.C24H20FN5O2/c1-3-23(32)30-15-7-14-26(30,2)17-31-25-22(16-27-18-28-25)24(29-31)19-10-12-21(13-11-19)33-20-8-5-4-6-9-20;1-2-23(32)30-12-6-7-17(30)15-31-25-21(14-27-16-28-25)24(29-31)20-11-10-19(13-22(20)26)33-18-8-4-3-5-9-18;1-2-22(31)29-11-10-16(14-29)30-24-20(13-26-15-27-24)23(28-30)19-9-8-18(12-21(19)25)32-17-6-4-3-5-7-17/h3-6,8-13,16,18H,1,7,14-15,17H2,2H3;2-5,8-11,13-14,16-17H,1,6-7,12,15H2;2-9,12-13,15-16H,1,10-11,14H2/t26-;17-;16-/m001/s1. The van der Waals surface area contributed by atoms with E-state index in [0.29, 0.717) is 100 Å². The number of carbonyl (C=O) groups excluding carboxylic acids is 3. The molecule has 23 heteroatoms. The van der Waals surface area contributed by atoms with E-state index in [2.05, 4.69) is 61.7 Å². The monoisotopic (exact) mass is 1310 g/mol. The fourth-order valence-electron chi connectivity index (χ4n) is 12.8. The summed E-state index contributed by atoms with van der Waals surface area (Å²) in [6.07, 6.45) is 17.9. The van der Waals surface area contributed by atoms with Gasteiger partial charge in [0.2, 0.25) is 17.7 Å². The molecule has 0 aliphatic carbocycles. The number of likely N-dealkylation sites (tertiary alicyclic amines) is 3. The summed E-state index contributed by atoms with van der Waals surface area (Å²) in [7, 11) is 0. The highest BCUT2D eigenvalue weighted by Gasteiger charge is 2.40. The molecule has 3 fully saturated rings. The van der Waals surface area contributed by atoms with Crippen LogP contribution in [-0.4, -0.2) is 129 Å². The minimum atomic E-state index is -0.455. The van der Waals surface area contributed by atoms with Crippen LogP contribution in [0.1, 0.15) is 45.1 Å². The molecule has 98 heavy (non-hydrogen) atoms. The van der Waals surface area contributed by atoms with E-state index in [4.69, 9.17) is 24.4 Å². The van der Waals surface area contributed by atoms with Crippen LogP contribution in [0.4, 0.5) is 8.78 Å².